The van der Waals surface area contributed by atoms with Gasteiger partial charge in [-0.05, 0) is 70.4 Å². The van der Waals surface area contributed by atoms with Crippen molar-refractivity contribution in [2.24, 2.45) is 5.73 Å². The van der Waals surface area contributed by atoms with E-state index in [0.717, 1.165) is 50.4 Å². The van der Waals surface area contributed by atoms with Crippen molar-refractivity contribution < 1.29 is 9.47 Å². The Morgan fingerprint density at radius 2 is 1.75 bits per heavy atom. The summed E-state index contributed by atoms with van der Waals surface area (Å²) in [5, 5.41) is 3.43. The Kier molecular flexibility index (Phi) is 8.83. The molecule has 0 bridgehead atoms. The van der Waals surface area contributed by atoms with Crippen molar-refractivity contribution in [3.05, 3.63) is 23.8 Å². The SMILES string of the molecule is CCOc1ccc(CCNCCCCN)cc1OCC. The molecule has 0 aliphatic heterocycles. The molecule has 0 aliphatic rings. The fourth-order valence-electron chi connectivity index (χ4n) is 2.00. The Morgan fingerprint density at radius 3 is 2.45 bits per heavy atom. The van der Waals surface area contributed by atoms with Gasteiger partial charge in [0.1, 0.15) is 0 Å². The molecule has 1 rings (SSSR count). The van der Waals surface area contributed by atoms with Gasteiger partial charge in [-0.1, -0.05) is 6.07 Å². The van der Waals surface area contributed by atoms with Gasteiger partial charge in [0.25, 0.3) is 0 Å². The topological polar surface area (TPSA) is 56.5 Å². The quantitative estimate of drug-likeness (QED) is 0.611. The minimum Gasteiger partial charge on any atom is -0.490 e. The Morgan fingerprint density at radius 1 is 1.00 bits per heavy atom. The number of nitrogens with two attached hydrogens (primary N) is 1. The van der Waals surface area contributed by atoms with Gasteiger partial charge in [-0.2, -0.15) is 0 Å². The number of unbranched alkanes of at least 4 members (excludes halogenated alkanes) is 1. The second-order valence-corrected chi connectivity index (χ2v) is 4.64. The molecule has 0 aliphatic carbocycles. The third-order valence-electron chi connectivity index (χ3n) is 3.01. The standard InChI is InChI=1S/C16H28N2O2/c1-3-19-15-8-7-14(13-16(15)20-4-2)9-12-18-11-6-5-10-17/h7-8,13,18H,3-6,9-12,17H2,1-2H3. The molecule has 0 fully saturated rings. The lowest BCUT2D eigenvalue weighted by Crippen LogP contribution is -2.19. The van der Waals surface area contributed by atoms with E-state index in [1.165, 1.54) is 5.56 Å². The maximum Gasteiger partial charge on any atom is 0.161 e. The lowest BCUT2D eigenvalue weighted by Gasteiger charge is -2.12. The summed E-state index contributed by atoms with van der Waals surface area (Å²) in [7, 11) is 0. The first-order valence-corrected chi connectivity index (χ1v) is 7.61. The number of hydrogen-bond acceptors (Lipinski definition) is 4. The van der Waals surface area contributed by atoms with Crippen LogP contribution < -0.4 is 20.5 Å². The molecule has 0 radical (unpaired) electrons. The first-order valence-electron chi connectivity index (χ1n) is 7.61. The van der Waals surface area contributed by atoms with Crippen LogP contribution in [-0.4, -0.2) is 32.8 Å². The zero-order chi connectivity index (χ0) is 14.6. The highest BCUT2D eigenvalue weighted by atomic mass is 16.5. The molecule has 1 aromatic carbocycles. The molecule has 0 aromatic heterocycles. The van der Waals surface area contributed by atoms with Crippen molar-refractivity contribution in [3.63, 3.8) is 0 Å². The predicted octanol–water partition coefficient (Wildman–Crippen LogP) is 2.35. The van der Waals surface area contributed by atoms with E-state index in [0.29, 0.717) is 13.2 Å². The van der Waals surface area contributed by atoms with E-state index >= 15 is 0 Å². The van der Waals surface area contributed by atoms with Crippen LogP contribution in [0.15, 0.2) is 18.2 Å². The average molecular weight is 280 g/mol. The van der Waals surface area contributed by atoms with Crippen molar-refractivity contribution in [1.82, 2.24) is 5.32 Å². The Bertz CT molecular complexity index is 369. The molecule has 0 atom stereocenters. The van der Waals surface area contributed by atoms with Gasteiger partial charge >= 0.3 is 0 Å². The zero-order valence-electron chi connectivity index (χ0n) is 12.8. The lowest BCUT2D eigenvalue weighted by atomic mass is 10.1. The highest BCUT2D eigenvalue weighted by Crippen LogP contribution is 2.28. The molecular formula is C16H28N2O2. The van der Waals surface area contributed by atoms with Crippen molar-refractivity contribution >= 4 is 0 Å². The summed E-state index contributed by atoms with van der Waals surface area (Å²) < 4.78 is 11.2. The van der Waals surface area contributed by atoms with Gasteiger partial charge in [0, 0.05) is 0 Å². The first kappa shape index (κ1) is 16.8. The zero-order valence-corrected chi connectivity index (χ0v) is 12.8. The molecule has 0 heterocycles. The summed E-state index contributed by atoms with van der Waals surface area (Å²) in [6.07, 6.45) is 3.23. The number of ether oxygens (including phenoxy) is 2. The Balaban J connectivity index is 2.43. The van der Waals surface area contributed by atoms with Gasteiger partial charge in [-0.3, -0.25) is 0 Å². The lowest BCUT2D eigenvalue weighted by molar-refractivity contribution is 0.287. The van der Waals surface area contributed by atoms with Crippen LogP contribution in [0.3, 0.4) is 0 Å². The molecule has 0 saturated carbocycles. The molecule has 3 N–H and O–H groups in total. The van der Waals surface area contributed by atoms with Crippen LogP contribution in [0.2, 0.25) is 0 Å². The smallest absolute Gasteiger partial charge is 0.161 e. The van der Waals surface area contributed by atoms with Crippen LogP contribution >= 0.6 is 0 Å². The minimum absolute atomic E-state index is 0.654. The van der Waals surface area contributed by atoms with Crippen molar-refractivity contribution in [2.45, 2.75) is 33.1 Å². The summed E-state index contributed by atoms with van der Waals surface area (Å²) >= 11 is 0. The largest absolute Gasteiger partial charge is 0.490 e. The van der Waals surface area contributed by atoms with Crippen molar-refractivity contribution in [1.29, 1.82) is 0 Å². The number of nitrogens with one attached hydrogen (secondary N) is 1. The Labute approximate surface area is 122 Å². The van der Waals surface area contributed by atoms with Crippen LogP contribution in [-0.2, 0) is 6.42 Å². The van der Waals surface area contributed by atoms with E-state index in [-0.39, 0.29) is 0 Å². The molecule has 0 saturated heterocycles. The maximum absolute atomic E-state index is 5.63. The highest BCUT2D eigenvalue weighted by Gasteiger charge is 2.05. The van der Waals surface area contributed by atoms with Gasteiger partial charge in [0.05, 0.1) is 13.2 Å². The molecule has 0 unspecified atom stereocenters. The van der Waals surface area contributed by atoms with E-state index in [1.54, 1.807) is 0 Å². The molecule has 4 heteroatoms. The number of hydrogen-bond donors (Lipinski definition) is 2. The van der Waals surface area contributed by atoms with Crippen molar-refractivity contribution in [3.8, 4) is 11.5 Å². The van der Waals surface area contributed by atoms with E-state index in [9.17, 15) is 0 Å². The van der Waals surface area contributed by atoms with Gasteiger partial charge < -0.3 is 20.5 Å². The summed E-state index contributed by atoms with van der Waals surface area (Å²) in [5.41, 5.74) is 6.73. The predicted molar refractivity (Wildman–Crippen MR) is 83.6 cm³/mol. The molecule has 0 amide bonds. The summed E-state index contributed by atoms with van der Waals surface area (Å²) in [4.78, 5) is 0. The third-order valence-corrected chi connectivity index (χ3v) is 3.01. The molecule has 4 nitrogen and oxygen atoms in total. The second kappa shape index (κ2) is 10.5. The van der Waals surface area contributed by atoms with Crippen molar-refractivity contribution in [2.75, 3.05) is 32.8 Å². The normalized spacial score (nSPS) is 10.6. The van der Waals surface area contributed by atoms with Gasteiger partial charge in [0.2, 0.25) is 0 Å². The van der Waals surface area contributed by atoms with Gasteiger partial charge in [0.15, 0.2) is 11.5 Å². The van der Waals surface area contributed by atoms with E-state index in [1.807, 2.05) is 19.9 Å². The van der Waals surface area contributed by atoms with Crippen LogP contribution in [0, 0.1) is 0 Å². The maximum atomic E-state index is 5.63. The summed E-state index contributed by atoms with van der Waals surface area (Å²) in [6, 6.07) is 6.18. The second-order valence-electron chi connectivity index (χ2n) is 4.64. The molecule has 20 heavy (non-hydrogen) atoms. The third kappa shape index (κ3) is 6.26. The summed E-state index contributed by atoms with van der Waals surface area (Å²) in [5.74, 6) is 1.67. The Hall–Kier alpha value is -1.26. The van der Waals surface area contributed by atoms with Gasteiger partial charge in [-0.25, -0.2) is 0 Å². The molecular weight excluding hydrogens is 252 g/mol. The van der Waals surface area contributed by atoms with Crippen LogP contribution in [0.25, 0.3) is 0 Å². The van der Waals surface area contributed by atoms with E-state index in [4.69, 9.17) is 15.2 Å². The van der Waals surface area contributed by atoms with Crippen LogP contribution in [0.5, 0.6) is 11.5 Å². The fraction of sp³-hybridized carbons (Fsp3) is 0.625. The number of rotatable bonds is 11. The first-order chi connectivity index (χ1) is 9.81. The van der Waals surface area contributed by atoms with Gasteiger partial charge in [-0.15, -0.1) is 0 Å². The van der Waals surface area contributed by atoms with Crippen LogP contribution in [0.4, 0.5) is 0 Å². The summed E-state index contributed by atoms with van der Waals surface area (Å²) in [6.45, 7) is 8.06. The fourth-order valence-corrected chi connectivity index (χ4v) is 2.00. The highest BCUT2D eigenvalue weighted by molar-refractivity contribution is 5.43. The monoisotopic (exact) mass is 280 g/mol. The average Bonchev–Trinajstić information content (AvgIpc) is 2.46. The minimum atomic E-state index is 0.654. The molecule has 0 spiro atoms. The molecule has 1 aromatic rings. The van der Waals surface area contributed by atoms with E-state index < -0.39 is 0 Å². The van der Waals surface area contributed by atoms with Crippen LogP contribution in [0.1, 0.15) is 32.3 Å². The molecule has 114 valence electrons. The number of benzene rings is 1. The van der Waals surface area contributed by atoms with E-state index in [2.05, 4.69) is 17.4 Å².